The maximum Gasteiger partial charge on any atom is 0.127 e. The average molecular weight is 330 g/mol. The summed E-state index contributed by atoms with van der Waals surface area (Å²) < 4.78 is 16.4. The third-order valence-corrected chi connectivity index (χ3v) is 4.60. The number of furan rings is 1. The molecule has 1 saturated heterocycles. The molecule has 1 fully saturated rings. The van der Waals surface area contributed by atoms with Crippen molar-refractivity contribution in [2.75, 3.05) is 33.9 Å². The number of ether oxygens (including phenoxy) is 2. The van der Waals surface area contributed by atoms with Gasteiger partial charge in [0.25, 0.3) is 0 Å². The van der Waals surface area contributed by atoms with Crippen LogP contribution >= 0.6 is 0 Å². The third-order valence-electron chi connectivity index (χ3n) is 4.60. The first-order valence-corrected chi connectivity index (χ1v) is 8.51. The van der Waals surface area contributed by atoms with Crippen LogP contribution < -0.4 is 14.8 Å². The van der Waals surface area contributed by atoms with Crippen LogP contribution in [0.15, 0.2) is 41.0 Å². The van der Waals surface area contributed by atoms with E-state index in [-0.39, 0.29) is 6.04 Å². The van der Waals surface area contributed by atoms with Gasteiger partial charge in [0.1, 0.15) is 17.3 Å². The summed E-state index contributed by atoms with van der Waals surface area (Å²) in [6.45, 7) is 3.87. The van der Waals surface area contributed by atoms with E-state index in [4.69, 9.17) is 13.9 Å². The number of benzene rings is 1. The van der Waals surface area contributed by atoms with E-state index in [9.17, 15) is 0 Å². The van der Waals surface area contributed by atoms with E-state index in [2.05, 4.69) is 16.3 Å². The molecule has 5 heteroatoms. The van der Waals surface area contributed by atoms with Crippen LogP contribution in [0.5, 0.6) is 11.5 Å². The molecular formula is C19H26N2O3. The molecule has 24 heavy (non-hydrogen) atoms. The zero-order valence-corrected chi connectivity index (χ0v) is 14.5. The van der Waals surface area contributed by atoms with Crippen LogP contribution in [0.2, 0.25) is 0 Å². The van der Waals surface area contributed by atoms with Crippen LogP contribution in [0.3, 0.4) is 0 Å². The van der Waals surface area contributed by atoms with Gasteiger partial charge < -0.3 is 19.2 Å². The molecule has 5 nitrogen and oxygen atoms in total. The molecule has 1 aliphatic heterocycles. The fourth-order valence-electron chi connectivity index (χ4n) is 3.29. The Hall–Kier alpha value is -1.98. The van der Waals surface area contributed by atoms with Crippen molar-refractivity contribution >= 4 is 0 Å². The van der Waals surface area contributed by atoms with Gasteiger partial charge in [0.05, 0.1) is 26.5 Å². The van der Waals surface area contributed by atoms with Crippen molar-refractivity contribution in [3.63, 3.8) is 0 Å². The lowest BCUT2D eigenvalue weighted by molar-refractivity contribution is 0.209. The predicted octanol–water partition coefficient (Wildman–Crippen LogP) is 3.22. The van der Waals surface area contributed by atoms with Gasteiger partial charge in [0, 0.05) is 24.7 Å². The topological polar surface area (TPSA) is 46.9 Å². The van der Waals surface area contributed by atoms with Crippen molar-refractivity contribution in [3.05, 3.63) is 47.9 Å². The van der Waals surface area contributed by atoms with Gasteiger partial charge in [-0.1, -0.05) is 6.07 Å². The molecule has 3 rings (SSSR count). The molecule has 1 aromatic carbocycles. The molecule has 1 N–H and O–H groups in total. The predicted molar refractivity (Wildman–Crippen MR) is 93.5 cm³/mol. The van der Waals surface area contributed by atoms with E-state index in [0.717, 1.165) is 49.0 Å². The van der Waals surface area contributed by atoms with E-state index in [1.807, 2.05) is 24.3 Å². The molecular weight excluding hydrogens is 304 g/mol. The van der Waals surface area contributed by atoms with Gasteiger partial charge in [-0.3, -0.25) is 4.90 Å². The molecule has 1 unspecified atom stereocenters. The largest absolute Gasteiger partial charge is 0.497 e. The van der Waals surface area contributed by atoms with Crippen molar-refractivity contribution in [2.45, 2.75) is 25.4 Å². The molecule has 0 amide bonds. The highest BCUT2D eigenvalue weighted by atomic mass is 16.5. The lowest BCUT2D eigenvalue weighted by Crippen LogP contribution is -2.33. The minimum absolute atomic E-state index is 0.284. The Morgan fingerprint density at radius 3 is 2.67 bits per heavy atom. The normalized spacial score (nSPS) is 16.2. The molecule has 1 atom stereocenters. The number of nitrogens with zero attached hydrogens (tertiary/aromatic N) is 1. The highest BCUT2D eigenvalue weighted by Gasteiger charge is 2.25. The molecule has 1 aliphatic rings. The van der Waals surface area contributed by atoms with Gasteiger partial charge >= 0.3 is 0 Å². The molecule has 2 heterocycles. The van der Waals surface area contributed by atoms with Gasteiger partial charge in [-0.25, -0.2) is 0 Å². The molecule has 0 aliphatic carbocycles. The highest BCUT2D eigenvalue weighted by molar-refractivity contribution is 5.40. The lowest BCUT2D eigenvalue weighted by Gasteiger charge is -2.26. The van der Waals surface area contributed by atoms with Crippen molar-refractivity contribution in [3.8, 4) is 11.5 Å². The van der Waals surface area contributed by atoms with Crippen molar-refractivity contribution < 1.29 is 13.9 Å². The summed E-state index contributed by atoms with van der Waals surface area (Å²) in [4.78, 5) is 2.50. The maximum atomic E-state index is 5.66. The van der Waals surface area contributed by atoms with Gasteiger partial charge in [0.15, 0.2) is 0 Å². The summed E-state index contributed by atoms with van der Waals surface area (Å²) in [5, 5.41) is 3.56. The summed E-state index contributed by atoms with van der Waals surface area (Å²) in [6, 6.07) is 10.2. The van der Waals surface area contributed by atoms with Crippen LogP contribution in [-0.4, -0.2) is 38.8 Å². The average Bonchev–Trinajstić information content (AvgIpc) is 3.32. The standard InChI is InChI=1S/C19H26N2O3/c1-22-16-8-7-15(19(12-16)23-2)13-20-14-17(18-6-5-11-24-18)21-9-3-4-10-21/h5-8,11-12,17,20H,3-4,9-10,13-14H2,1-2H3. The summed E-state index contributed by atoms with van der Waals surface area (Å²) >= 11 is 0. The minimum atomic E-state index is 0.284. The second-order valence-electron chi connectivity index (χ2n) is 6.08. The molecule has 2 aromatic rings. The van der Waals surface area contributed by atoms with Crippen molar-refractivity contribution in [1.29, 1.82) is 0 Å². The lowest BCUT2D eigenvalue weighted by atomic mass is 10.1. The quantitative estimate of drug-likeness (QED) is 0.805. The van der Waals surface area contributed by atoms with Crippen LogP contribution in [0.4, 0.5) is 0 Å². The van der Waals surface area contributed by atoms with E-state index in [1.54, 1.807) is 20.5 Å². The first-order chi connectivity index (χ1) is 11.8. The molecule has 130 valence electrons. The highest BCUT2D eigenvalue weighted by Crippen LogP contribution is 2.26. The third kappa shape index (κ3) is 3.91. The molecule has 0 radical (unpaired) electrons. The molecule has 0 bridgehead atoms. The Kier molecular flexibility index (Phi) is 5.77. The number of hydrogen-bond donors (Lipinski definition) is 1. The second kappa shape index (κ2) is 8.22. The van der Waals surface area contributed by atoms with Crippen LogP contribution in [0, 0.1) is 0 Å². The van der Waals surface area contributed by atoms with Gasteiger partial charge in [-0.15, -0.1) is 0 Å². The Balaban J connectivity index is 1.63. The van der Waals surface area contributed by atoms with E-state index >= 15 is 0 Å². The van der Waals surface area contributed by atoms with Crippen LogP contribution in [0.25, 0.3) is 0 Å². The summed E-state index contributed by atoms with van der Waals surface area (Å²) in [5.41, 5.74) is 1.12. The Morgan fingerprint density at radius 2 is 2.00 bits per heavy atom. The SMILES string of the molecule is COc1ccc(CNCC(c2ccco2)N2CCCC2)c(OC)c1. The number of hydrogen-bond acceptors (Lipinski definition) is 5. The first-order valence-electron chi connectivity index (χ1n) is 8.51. The fraction of sp³-hybridized carbons (Fsp3) is 0.474. The zero-order chi connectivity index (χ0) is 16.8. The van der Waals surface area contributed by atoms with Crippen molar-refractivity contribution in [1.82, 2.24) is 10.2 Å². The van der Waals surface area contributed by atoms with Crippen LogP contribution in [0.1, 0.15) is 30.2 Å². The van der Waals surface area contributed by atoms with Crippen LogP contribution in [-0.2, 0) is 6.54 Å². The zero-order valence-electron chi connectivity index (χ0n) is 14.5. The number of likely N-dealkylation sites (tertiary alicyclic amines) is 1. The number of nitrogens with one attached hydrogen (secondary N) is 1. The smallest absolute Gasteiger partial charge is 0.127 e. The summed E-state index contributed by atoms with van der Waals surface area (Å²) in [7, 11) is 3.35. The van der Waals surface area contributed by atoms with Gasteiger partial charge in [-0.2, -0.15) is 0 Å². The monoisotopic (exact) mass is 330 g/mol. The second-order valence-corrected chi connectivity index (χ2v) is 6.08. The van der Waals surface area contributed by atoms with E-state index in [0.29, 0.717) is 0 Å². The summed E-state index contributed by atoms with van der Waals surface area (Å²) in [6.07, 6.45) is 4.29. The number of rotatable bonds is 8. The van der Waals surface area contributed by atoms with Gasteiger partial charge in [0.2, 0.25) is 0 Å². The fourth-order valence-corrected chi connectivity index (χ4v) is 3.29. The molecule has 0 spiro atoms. The van der Waals surface area contributed by atoms with E-state index < -0.39 is 0 Å². The minimum Gasteiger partial charge on any atom is -0.497 e. The van der Waals surface area contributed by atoms with E-state index in [1.165, 1.54) is 12.8 Å². The van der Waals surface area contributed by atoms with Gasteiger partial charge in [-0.05, 0) is 44.1 Å². The molecule has 1 aromatic heterocycles. The number of methoxy groups -OCH3 is 2. The Morgan fingerprint density at radius 1 is 1.17 bits per heavy atom. The molecule has 0 saturated carbocycles. The Bertz CT molecular complexity index is 622. The first kappa shape index (κ1) is 16.9. The summed E-state index contributed by atoms with van der Waals surface area (Å²) in [5.74, 6) is 2.68. The maximum absolute atomic E-state index is 5.66. The Labute approximate surface area is 143 Å². The van der Waals surface area contributed by atoms with Crippen molar-refractivity contribution in [2.24, 2.45) is 0 Å².